The molecule has 0 bridgehead atoms. The van der Waals surface area contributed by atoms with Crippen LogP contribution in [0.4, 0.5) is 4.79 Å². The number of alkyl carbamates (subject to hydrolysis) is 1. The Morgan fingerprint density at radius 2 is 1.61 bits per heavy atom. The van der Waals surface area contributed by atoms with Crippen molar-refractivity contribution in [3.63, 3.8) is 0 Å². The fraction of sp³-hybridized carbons (Fsp3) is 0.889. The number of unbranched alkanes of at least 4 members (excludes halogenated alkanes) is 4. The predicted octanol–water partition coefficient (Wildman–Crippen LogP) is 4.44. The van der Waals surface area contributed by atoms with Crippen LogP contribution in [0.1, 0.15) is 79.6 Å². The summed E-state index contributed by atoms with van der Waals surface area (Å²) in [6.07, 6.45) is 6.05. The molecule has 1 unspecified atom stereocenters. The van der Waals surface area contributed by atoms with Gasteiger partial charge in [-0.25, -0.2) is 9.59 Å². The summed E-state index contributed by atoms with van der Waals surface area (Å²) in [5.41, 5.74) is -0.102. The van der Waals surface area contributed by atoms with Gasteiger partial charge in [-0.3, -0.25) is 0 Å². The van der Waals surface area contributed by atoms with Crippen LogP contribution in [0.25, 0.3) is 0 Å². The number of nitrogens with one attached hydrogen (secondary N) is 1. The fourth-order valence-corrected chi connectivity index (χ4v) is 1.91. The molecule has 0 fully saturated rings. The molecule has 1 atom stereocenters. The second-order valence-electron chi connectivity index (χ2n) is 7.20. The molecule has 0 aromatic rings. The Morgan fingerprint density at radius 3 is 2.17 bits per heavy atom. The number of ether oxygens (including phenoxy) is 2. The van der Waals surface area contributed by atoms with Gasteiger partial charge in [-0.05, 0) is 18.3 Å². The Balaban J connectivity index is 4.39. The van der Waals surface area contributed by atoms with Crippen LogP contribution in [0, 0.1) is 5.41 Å². The summed E-state index contributed by atoms with van der Waals surface area (Å²) < 4.78 is 10.4. The van der Waals surface area contributed by atoms with E-state index in [0.29, 0.717) is 19.6 Å². The molecular formula is C18H35NO4. The predicted molar refractivity (Wildman–Crippen MR) is 92.4 cm³/mol. The summed E-state index contributed by atoms with van der Waals surface area (Å²) in [4.78, 5) is 24.0. The van der Waals surface area contributed by atoms with Gasteiger partial charge in [0, 0.05) is 0 Å². The monoisotopic (exact) mass is 329 g/mol. The highest BCUT2D eigenvalue weighted by Crippen LogP contribution is 2.13. The Bertz CT molecular complexity index is 336. The second-order valence-corrected chi connectivity index (χ2v) is 7.20. The molecule has 0 aliphatic carbocycles. The van der Waals surface area contributed by atoms with Crippen molar-refractivity contribution in [3.8, 4) is 0 Å². The van der Waals surface area contributed by atoms with E-state index in [0.717, 1.165) is 38.5 Å². The van der Waals surface area contributed by atoms with Gasteiger partial charge in [0.25, 0.3) is 0 Å². The number of hydrogen-bond acceptors (Lipinski definition) is 4. The third kappa shape index (κ3) is 12.9. The van der Waals surface area contributed by atoms with Crippen LogP contribution < -0.4 is 5.32 Å². The molecule has 0 rings (SSSR count). The zero-order valence-electron chi connectivity index (χ0n) is 15.6. The van der Waals surface area contributed by atoms with Gasteiger partial charge in [0.05, 0.1) is 13.2 Å². The first-order valence-corrected chi connectivity index (χ1v) is 8.90. The summed E-state index contributed by atoms with van der Waals surface area (Å²) in [6, 6.07) is -0.615. The van der Waals surface area contributed by atoms with Crippen LogP contribution >= 0.6 is 0 Å². The maximum Gasteiger partial charge on any atom is 0.407 e. The van der Waals surface area contributed by atoms with Gasteiger partial charge in [0.15, 0.2) is 0 Å². The molecule has 0 heterocycles. The van der Waals surface area contributed by atoms with Crippen molar-refractivity contribution >= 4 is 12.1 Å². The molecule has 0 radical (unpaired) electrons. The number of esters is 1. The topological polar surface area (TPSA) is 64.6 Å². The highest BCUT2D eigenvalue weighted by atomic mass is 16.6. The van der Waals surface area contributed by atoms with Crippen molar-refractivity contribution in [2.24, 2.45) is 5.41 Å². The minimum Gasteiger partial charge on any atom is -0.464 e. The van der Waals surface area contributed by atoms with Crippen LogP contribution in [0.5, 0.6) is 0 Å². The Hall–Kier alpha value is -1.26. The quantitative estimate of drug-likeness (QED) is 0.449. The van der Waals surface area contributed by atoms with E-state index in [4.69, 9.17) is 9.47 Å². The van der Waals surface area contributed by atoms with E-state index in [-0.39, 0.29) is 11.4 Å². The SMILES string of the molecule is CCCCCCC(NC(=O)OCC(C)(C)C)C(=O)OCCCC. The van der Waals surface area contributed by atoms with Gasteiger partial charge < -0.3 is 14.8 Å². The average molecular weight is 329 g/mol. The first-order chi connectivity index (χ1) is 10.8. The van der Waals surface area contributed by atoms with Crippen molar-refractivity contribution in [2.45, 2.75) is 85.6 Å². The van der Waals surface area contributed by atoms with Gasteiger partial charge >= 0.3 is 12.1 Å². The minimum absolute atomic E-state index is 0.102. The van der Waals surface area contributed by atoms with Gasteiger partial charge in [-0.2, -0.15) is 0 Å². The van der Waals surface area contributed by atoms with Crippen molar-refractivity contribution in [2.75, 3.05) is 13.2 Å². The molecular weight excluding hydrogens is 294 g/mol. The standard InChI is InChI=1S/C18H35NO4/c1-6-8-10-11-12-15(16(20)22-13-9-7-2)19-17(21)23-14-18(3,4)5/h15H,6-14H2,1-5H3,(H,19,21). The lowest BCUT2D eigenvalue weighted by Crippen LogP contribution is -2.42. The zero-order chi connectivity index (χ0) is 17.7. The summed E-state index contributed by atoms with van der Waals surface area (Å²) in [6.45, 7) is 10.9. The number of rotatable bonds is 11. The van der Waals surface area contributed by atoms with Crippen LogP contribution in [0.2, 0.25) is 0 Å². The molecule has 0 spiro atoms. The van der Waals surface area contributed by atoms with Crippen molar-refractivity contribution in [3.05, 3.63) is 0 Å². The minimum atomic E-state index is -0.615. The smallest absolute Gasteiger partial charge is 0.407 e. The molecule has 1 amide bonds. The number of carbonyl (C=O) groups excluding carboxylic acids is 2. The summed E-state index contributed by atoms with van der Waals surface area (Å²) in [7, 11) is 0. The lowest BCUT2D eigenvalue weighted by molar-refractivity contribution is -0.146. The number of amides is 1. The average Bonchev–Trinajstić information content (AvgIpc) is 2.47. The third-order valence-electron chi connectivity index (χ3n) is 3.30. The highest BCUT2D eigenvalue weighted by Gasteiger charge is 2.23. The fourth-order valence-electron chi connectivity index (χ4n) is 1.91. The van der Waals surface area contributed by atoms with Gasteiger partial charge in [-0.1, -0.05) is 66.7 Å². The Labute approximate surface area is 141 Å². The van der Waals surface area contributed by atoms with Crippen molar-refractivity contribution < 1.29 is 19.1 Å². The maximum absolute atomic E-state index is 12.1. The number of carbonyl (C=O) groups is 2. The molecule has 0 aliphatic rings. The molecule has 5 heteroatoms. The molecule has 0 saturated heterocycles. The van der Waals surface area contributed by atoms with Gasteiger partial charge in [0.2, 0.25) is 0 Å². The molecule has 0 aliphatic heterocycles. The molecule has 0 saturated carbocycles. The van der Waals surface area contributed by atoms with E-state index >= 15 is 0 Å². The van der Waals surface area contributed by atoms with E-state index in [9.17, 15) is 9.59 Å². The van der Waals surface area contributed by atoms with Crippen molar-refractivity contribution in [1.29, 1.82) is 0 Å². The van der Waals surface area contributed by atoms with Gasteiger partial charge in [0.1, 0.15) is 6.04 Å². The second kappa shape index (κ2) is 12.2. The molecule has 0 aromatic heterocycles. The lowest BCUT2D eigenvalue weighted by Gasteiger charge is -2.21. The number of hydrogen-bond donors (Lipinski definition) is 1. The third-order valence-corrected chi connectivity index (χ3v) is 3.30. The molecule has 0 aromatic carbocycles. The van der Waals surface area contributed by atoms with Crippen LogP contribution in [-0.4, -0.2) is 31.3 Å². The van der Waals surface area contributed by atoms with E-state index in [1.54, 1.807) is 0 Å². The lowest BCUT2D eigenvalue weighted by atomic mass is 9.99. The van der Waals surface area contributed by atoms with E-state index in [1.165, 1.54) is 0 Å². The highest BCUT2D eigenvalue weighted by molar-refractivity contribution is 5.81. The largest absolute Gasteiger partial charge is 0.464 e. The Morgan fingerprint density at radius 1 is 0.957 bits per heavy atom. The van der Waals surface area contributed by atoms with Crippen LogP contribution in [-0.2, 0) is 14.3 Å². The van der Waals surface area contributed by atoms with Crippen molar-refractivity contribution in [1.82, 2.24) is 5.32 Å². The normalized spacial score (nSPS) is 12.6. The first kappa shape index (κ1) is 21.7. The zero-order valence-corrected chi connectivity index (χ0v) is 15.6. The van der Waals surface area contributed by atoms with E-state index in [1.807, 2.05) is 27.7 Å². The van der Waals surface area contributed by atoms with E-state index in [2.05, 4.69) is 12.2 Å². The maximum atomic E-state index is 12.1. The molecule has 136 valence electrons. The van der Waals surface area contributed by atoms with Gasteiger partial charge in [-0.15, -0.1) is 0 Å². The van der Waals surface area contributed by atoms with Crippen LogP contribution in [0.15, 0.2) is 0 Å². The Kier molecular flexibility index (Phi) is 11.5. The summed E-state index contributed by atoms with van der Waals surface area (Å²) >= 11 is 0. The summed E-state index contributed by atoms with van der Waals surface area (Å²) in [5.74, 6) is -0.359. The molecule has 23 heavy (non-hydrogen) atoms. The molecule has 5 nitrogen and oxygen atoms in total. The summed E-state index contributed by atoms with van der Waals surface area (Å²) in [5, 5.41) is 2.66. The van der Waals surface area contributed by atoms with Crippen LogP contribution in [0.3, 0.4) is 0 Å². The van der Waals surface area contributed by atoms with E-state index < -0.39 is 12.1 Å². The first-order valence-electron chi connectivity index (χ1n) is 8.90. The molecule has 1 N–H and O–H groups in total.